The summed E-state index contributed by atoms with van der Waals surface area (Å²) in [6.07, 6.45) is 15.0. The van der Waals surface area contributed by atoms with Gasteiger partial charge in [0, 0.05) is 72.0 Å². The fourth-order valence-electron chi connectivity index (χ4n) is 8.31. The lowest BCUT2D eigenvalue weighted by molar-refractivity contribution is -0.437. The van der Waals surface area contributed by atoms with Gasteiger partial charge in [-0.2, -0.15) is 4.58 Å². The first-order valence-corrected chi connectivity index (χ1v) is 19.4. The van der Waals surface area contributed by atoms with Crippen LogP contribution in [0.25, 0.3) is 10.4 Å². The minimum Gasteiger partial charge on any atom is -0.355 e. The lowest BCUT2D eigenvalue weighted by Crippen LogP contribution is -2.53. The smallest absolute Gasteiger partial charge is 0.236 e. The quantitative estimate of drug-likeness (QED) is 0.0479. The number of azide groups is 1. The SMILES string of the molecule is CCCCN1C(=CC=C2C=C(C=CC3=[N+](CCC)c4ccccc4C3(C)C)CC(C(=O)NCC)(C(=O)NCCCN=[N+]=[N-])C2)C(C)(C)c2ccccc21. The summed E-state index contributed by atoms with van der Waals surface area (Å²) in [5.41, 5.74) is 16.2. The molecule has 0 radical (unpaired) electrons. The number of unbranched alkanes of at least 4 members (excludes halogenated alkanes) is 1. The summed E-state index contributed by atoms with van der Waals surface area (Å²) in [6, 6.07) is 17.3. The van der Waals surface area contributed by atoms with Crippen molar-refractivity contribution in [2.75, 3.05) is 37.6 Å². The second-order valence-corrected chi connectivity index (χ2v) is 15.5. The molecule has 1 aliphatic carbocycles. The molecule has 2 aromatic carbocycles. The van der Waals surface area contributed by atoms with Crippen molar-refractivity contribution in [3.05, 3.63) is 117 Å². The average Bonchev–Trinajstić information content (AvgIpc) is 3.50. The molecule has 0 saturated heterocycles. The molecule has 9 heteroatoms. The van der Waals surface area contributed by atoms with E-state index in [0.29, 0.717) is 19.5 Å². The minimum absolute atomic E-state index is 0.217. The number of fused-ring (bicyclic) bond motifs is 2. The Morgan fingerprint density at radius 1 is 0.887 bits per heavy atom. The van der Waals surface area contributed by atoms with Crippen molar-refractivity contribution in [1.29, 1.82) is 0 Å². The van der Waals surface area contributed by atoms with Crippen molar-refractivity contribution in [1.82, 2.24) is 10.6 Å². The summed E-state index contributed by atoms with van der Waals surface area (Å²) in [6.45, 7) is 18.2. The van der Waals surface area contributed by atoms with E-state index in [9.17, 15) is 9.59 Å². The molecule has 53 heavy (non-hydrogen) atoms. The Bertz CT molecular complexity index is 1910. The van der Waals surface area contributed by atoms with Crippen LogP contribution in [0.1, 0.15) is 98.1 Å². The predicted octanol–water partition coefficient (Wildman–Crippen LogP) is 9.10. The second kappa shape index (κ2) is 16.9. The molecule has 0 spiro atoms. The highest BCUT2D eigenvalue weighted by Gasteiger charge is 2.49. The third-order valence-electron chi connectivity index (χ3n) is 11.1. The summed E-state index contributed by atoms with van der Waals surface area (Å²) in [5.74, 6) is -0.592. The number of benzene rings is 2. The number of allylic oxidation sites excluding steroid dienone is 8. The Morgan fingerprint density at radius 2 is 1.60 bits per heavy atom. The third-order valence-corrected chi connectivity index (χ3v) is 11.1. The van der Waals surface area contributed by atoms with Crippen molar-refractivity contribution in [2.45, 2.75) is 97.8 Å². The number of amides is 2. The lowest BCUT2D eigenvalue weighted by Gasteiger charge is -2.35. The van der Waals surface area contributed by atoms with E-state index in [1.807, 2.05) is 6.92 Å². The first-order valence-electron chi connectivity index (χ1n) is 19.4. The number of hydrogen-bond donors (Lipinski definition) is 2. The molecular weight excluding hydrogens is 659 g/mol. The molecule has 5 rings (SSSR count). The van der Waals surface area contributed by atoms with Crippen LogP contribution < -0.4 is 15.5 Å². The van der Waals surface area contributed by atoms with Crippen molar-refractivity contribution < 1.29 is 14.2 Å². The van der Waals surface area contributed by atoms with E-state index in [1.54, 1.807) is 0 Å². The summed E-state index contributed by atoms with van der Waals surface area (Å²) in [5, 5.41) is 9.65. The maximum atomic E-state index is 14.3. The number of para-hydroxylation sites is 2. The van der Waals surface area contributed by atoms with E-state index in [-0.39, 0.29) is 42.0 Å². The van der Waals surface area contributed by atoms with Gasteiger partial charge in [-0.25, -0.2) is 0 Å². The summed E-state index contributed by atoms with van der Waals surface area (Å²) in [4.78, 5) is 33.7. The van der Waals surface area contributed by atoms with E-state index in [4.69, 9.17) is 5.53 Å². The van der Waals surface area contributed by atoms with E-state index in [2.05, 4.69) is 151 Å². The summed E-state index contributed by atoms with van der Waals surface area (Å²) < 4.78 is 2.41. The summed E-state index contributed by atoms with van der Waals surface area (Å²) in [7, 11) is 0. The Labute approximate surface area is 316 Å². The highest BCUT2D eigenvalue weighted by atomic mass is 16.2. The number of nitrogens with zero attached hydrogens (tertiary/aromatic N) is 5. The minimum atomic E-state index is -1.36. The highest BCUT2D eigenvalue weighted by molar-refractivity contribution is 6.06. The van der Waals surface area contributed by atoms with Gasteiger partial charge in [0.1, 0.15) is 12.0 Å². The molecule has 0 aromatic heterocycles. The molecule has 280 valence electrons. The van der Waals surface area contributed by atoms with Gasteiger partial charge in [0.05, 0.1) is 5.41 Å². The largest absolute Gasteiger partial charge is 0.355 e. The number of hydrogen-bond acceptors (Lipinski definition) is 4. The molecule has 1 atom stereocenters. The van der Waals surface area contributed by atoms with Crippen LogP contribution in [-0.4, -0.2) is 54.8 Å². The van der Waals surface area contributed by atoms with E-state index < -0.39 is 5.41 Å². The molecule has 2 amide bonds. The van der Waals surface area contributed by atoms with Gasteiger partial charge < -0.3 is 15.5 Å². The van der Waals surface area contributed by atoms with Crippen molar-refractivity contribution in [3.63, 3.8) is 0 Å². The van der Waals surface area contributed by atoms with Crippen LogP contribution in [0.5, 0.6) is 0 Å². The zero-order chi connectivity index (χ0) is 38.2. The molecule has 2 aliphatic heterocycles. The lowest BCUT2D eigenvalue weighted by atomic mass is 9.70. The van der Waals surface area contributed by atoms with E-state index in [1.165, 1.54) is 33.9 Å². The first kappa shape index (κ1) is 39.3. The maximum absolute atomic E-state index is 14.3. The first-order chi connectivity index (χ1) is 25.5. The Balaban J connectivity index is 1.62. The van der Waals surface area contributed by atoms with Gasteiger partial charge in [0.2, 0.25) is 17.5 Å². The normalized spacial score (nSPS) is 21.4. The molecule has 2 N–H and O–H groups in total. The van der Waals surface area contributed by atoms with Crippen LogP contribution in [0.15, 0.2) is 101 Å². The van der Waals surface area contributed by atoms with Crippen LogP contribution in [0.2, 0.25) is 0 Å². The monoisotopic (exact) mass is 716 g/mol. The van der Waals surface area contributed by atoms with Crippen molar-refractivity contribution in [2.24, 2.45) is 10.5 Å². The van der Waals surface area contributed by atoms with Crippen LogP contribution in [0, 0.1) is 5.41 Å². The molecule has 2 aromatic rings. The molecule has 1 unspecified atom stereocenters. The van der Waals surface area contributed by atoms with Gasteiger partial charge in [-0.05, 0) is 80.8 Å². The zero-order valence-corrected chi connectivity index (χ0v) is 32.8. The Morgan fingerprint density at radius 3 is 2.32 bits per heavy atom. The van der Waals surface area contributed by atoms with Crippen molar-refractivity contribution in [3.8, 4) is 0 Å². The molecule has 2 heterocycles. The second-order valence-electron chi connectivity index (χ2n) is 15.5. The molecule has 3 aliphatic rings. The number of nitrogens with one attached hydrogen (secondary N) is 2. The number of carbonyl (C=O) groups excluding carboxylic acids is 2. The number of anilines is 1. The molecular formula is C44H58N7O2+. The third kappa shape index (κ3) is 7.91. The van der Waals surface area contributed by atoms with Crippen LogP contribution >= 0.6 is 0 Å². The van der Waals surface area contributed by atoms with Gasteiger partial charge in [0.15, 0.2) is 5.71 Å². The number of carbonyl (C=O) groups is 2. The summed E-state index contributed by atoms with van der Waals surface area (Å²) >= 11 is 0. The Hall–Kier alpha value is -4.88. The Kier molecular flexibility index (Phi) is 12.5. The topological polar surface area (TPSA) is 113 Å². The van der Waals surface area contributed by atoms with Gasteiger partial charge in [-0.15, -0.1) is 0 Å². The zero-order valence-electron chi connectivity index (χ0n) is 32.8. The molecule has 0 saturated carbocycles. The van der Waals surface area contributed by atoms with Crippen LogP contribution in [-0.2, 0) is 20.4 Å². The van der Waals surface area contributed by atoms with Gasteiger partial charge in [-0.1, -0.05) is 93.9 Å². The van der Waals surface area contributed by atoms with E-state index in [0.717, 1.165) is 43.5 Å². The highest BCUT2D eigenvalue weighted by Crippen LogP contribution is 2.48. The standard InChI is InChI=1S/C44H57N7O2/c1-8-11-28-51-37-20-15-13-18-35(37)43(6,7)39(51)24-22-33-29-32(21-23-38-42(4,5)34-17-12-14-19-36(34)50(38)27-9-2)30-44(31-33,40(52)46-10-3)41(53)47-25-16-26-48-49-45/h12-15,17-24,29H,8-11,16,25-28,30-31H2,1-7H3,(H-,46,47,52,53)/p+1. The number of rotatable bonds is 15. The molecule has 0 fully saturated rings. The molecule has 0 bridgehead atoms. The average molecular weight is 717 g/mol. The maximum Gasteiger partial charge on any atom is 0.236 e. The van der Waals surface area contributed by atoms with Gasteiger partial charge in [0.25, 0.3) is 0 Å². The van der Waals surface area contributed by atoms with Gasteiger partial charge >= 0.3 is 0 Å². The predicted molar refractivity (Wildman–Crippen MR) is 217 cm³/mol. The molecule has 9 nitrogen and oxygen atoms in total. The fraction of sp³-hybridized carbons (Fsp3) is 0.477. The van der Waals surface area contributed by atoms with Crippen LogP contribution in [0.3, 0.4) is 0 Å². The van der Waals surface area contributed by atoms with Crippen LogP contribution in [0.4, 0.5) is 11.4 Å². The van der Waals surface area contributed by atoms with Gasteiger partial charge in [-0.3, -0.25) is 9.59 Å². The fourth-order valence-corrected chi connectivity index (χ4v) is 8.31. The van der Waals surface area contributed by atoms with E-state index >= 15 is 0 Å². The van der Waals surface area contributed by atoms with Crippen molar-refractivity contribution >= 4 is 28.9 Å².